The summed E-state index contributed by atoms with van der Waals surface area (Å²) >= 11 is 1.31. The molecule has 0 saturated carbocycles. The van der Waals surface area contributed by atoms with Crippen LogP contribution in [0.15, 0.2) is 48.5 Å². The van der Waals surface area contributed by atoms with E-state index in [4.69, 9.17) is 5.26 Å². The van der Waals surface area contributed by atoms with E-state index >= 15 is 0 Å². The molecular weight excluding hydrogens is 349 g/mol. The predicted molar refractivity (Wildman–Crippen MR) is 88.8 cm³/mol. The highest BCUT2D eigenvalue weighted by atomic mass is 32.1. The Morgan fingerprint density at radius 1 is 1.08 bits per heavy atom. The van der Waals surface area contributed by atoms with Gasteiger partial charge in [-0.05, 0) is 18.2 Å². The zero-order chi connectivity index (χ0) is 17.9. The Morgan fingerprint density at radius 2 is 1.84 bits per heavy atom. The maximum Gasteiger partial charge on any atom is 0.418 e. The zero-order valence-corrected chi connectivity index (χ0v) is 13.5. The van der Waals surface area contributed by atoms with Crippen LogP contribution < -0.4 is 5.32 Å². The maximum atomic E-state index is 13.1. The van der Waals surface area contributed by atoms with Crippen molar-refractivity contribution in [1.29, 1.82) is 5.26 Å². The average Bonchev–Trinajstić information content (AvgIpc) is 3.09. The molecule has 3 aromatic rings. The van der Waals surface area contributed by atoms with Crippen LogP contribution in [-0.4, -0.2) is 10.2 Å². The molecule has 0 spiro atoms. The maximum absolute atomic E-state index is 13.1. The minimum atomic E-state index is -4.55. The van der Waals surface area contributed by atoms with Crippen molar-refractivity contribution in [2.24, 2.45) is 0 Å². The van der Waals surface area contributed by atoms with Crippen molar-refractivity contribution >= 4 is 17.0 Å². The second-order valence-corrected chi connectivity index (χ2v) is 6.15. The van der Waals surface area contributed by atoms with Crippen molar-refractivity contribution in [1.82, 2.24) is 10.2 Å². The van der Waals surface area contributed by atoms with Crippen molar-refractivity contribution in [3.05, 3.63) is 64.7 Å². The molecule has 0 amide bonds. The lowest BCUT2D eigenvalue weighted by molar-refractivity contribution is -0.137. The summed E-state index contributed by atoms with van der Waals surface area (Å²) in [5.41, 5.74) is -0.108. The minimum absolute atomic E-state index is 0.0415. The fourth-order valence-electron chi connectivity index (χ4n) is 2.20. The summed E-state index contributed by atoms with van der Waals surface area (Å²) < 4.78 is 39.4. The van der Waals surface area contributed by atoms with Gasteiger partial charge in [-0.3, -0.25) is 0 Å². The van der Waals surface area contributed by atoms with E-state index in [0.29, 0.717) is 10.0 Å². The van der Waals surface area contributed by atoms with Gasteiger partial charge < -0.3 is 5.32 Å². The first-order valence-corrected chi connectivity index (χ1v) is 8.02. The molecule has 25 heavy (non-hydrogen) atoms. The smallest absolute Gasteiger partial charge is 0.378 e. The SMILES string of the molecule is N#Cc1ccc(NCc2nnc(-c3ccccc3)s2)c(C(F)(F)F)c1. The number of rotatable bonds is 4. The standard InChI is InChI=1S/C17H11F3N4S/c18-17(19,20)13-8-11(9-21)6-7-14(13)22-10-15-23-24-16(25-15)12-4-2-1-3-5-12/h1-8,22H,10H2. The molecular formula is C17H11F3N4S. The van der Waals surface area contributed by atoms with Gasteiger partial charge in [-0.1, -0.05) is 41.7 Å². The lowest BCUT2D eigenvalue weighted by Crippen LogP contribution is -2.11. The number of benzene rings is 2. The monoisotopic (exact) mass is 360 g/mol. The Hall–Kier alpha value is -2.92. The second kappa shape index (κ2) is 6.91. The summed E-state index contributed by atoms with van der Waals surface area (Å²) in [6.45, 7) is 0.111. The van der Waals surface area contributed by atoms with Crippen LogP contribution in [-0.2, 0) is 12.7 Å². The second-order valence-electron chi connectivity index (χ2n) is 5.09. The summed E-state index contributed by atoms with van der Waals surface area (Å²) in [6, 6.07) is 14.6. The van der Waals surface area contributed by atoms with Crippen molar-refractivity contribution in [2.75, 3.05) is 5.32 Å². The number of aromatic nitrogens is 2. The molecule has 0 fully saturated rings. The van der Waals surface area contributed by atoms with Crippen molar-refractivity contribution in [2.45, 2.75) is 12.7 Å². The molecule has 0 saturated heterocycles. The Balaban J connectivity index is 1.79. The van der Waals surface area contributed by atoms with Crippen LogP contribution in [0.5, 0.6) is 0 Å². The Kier molecular flexibility index (Phi) is 4.67. The molecule has 1 aromatic heterocycles. The van der Waals surface area contributed by atoms with E-state index in [1.54, 1.807) is 6.07 Å². The summed E-state index contributed by atoms with van der Waals surface area (Å²) in [7, 11) is 0. The largest absolute Gasteiger partial charge is 0.418 e. The number of hydrogen-bond acceptors (Lipinski definition) is 5. The molecule has 0 aliphatic rings. The number of hydrogen-bond donors (Lipinski definition) is 1. The van der Waals surface area contributed by atoms with Gasteiger partial charge in [-0.2, -0.15) is 18.4 Å². The van der Waals surface area contributed by atoms with Gasteiger partial charge in [-0.15, -0.1) is 10.2 Å². The highest BCUT2D eigenvalue weighted by Crippen LogP contribution is 2.35. The molecule has 8 heteroatoms. The van der Waals surface area contributed by atoms with Gasteiger partial charge in [0.1, 0.15) is 10.0 Å². The van der Waals surface area contributed by atoms with Crippen LogP contribution in [0.4, 0.5) is 18.9 Å². The topological polar surface area (TPSA) is 61.6 Å². The first-order chi connectivity index (χ1) is 12.0. The molecule has 1 heterocycles. The molecule has 2 aromatic carbocycles. The highest BCUT2D eigenvalue weighted by molar-refractivity contribution is 7.14. The van der Waals surface area contributed by atoms with E-state index in [0.717, 1.165) is 11.6 Å². The normalized spacial score (nSPS) is 11.1. The first kappa shape index (κ1) is 16.9. The molecule has 1 N–H and O–H groups in total. The van der Waals surface area contributed by atoms with E-state index < -0.39 is 11.7 Å². The van der Waals surface area contributed by atoms with Gasteiger partial charge in [0.15, 0.2) is 0 Å². The minimum Gasteiger partial charge on any atom is -0.378 e. The first-order valence-electron chi connectivity index (χ1n) is 7.20. The van der Waals surface area contributed by atoms with Crippen LogP contribution in [0.1, 0.15) is 16.1 Å². The van der Waals surface area contributed by atoms with Crippen LogP contribution in [0.3, 0.4) is 0 Å². The third-order valence-electron chi connectivity index (χ3n) is 3.37. The molecule has 126 valence electrons. The molecule has 0 bridgehead atoms. The highest BCUT2D eigenvalue weighted by Gasteiger charge is 2.33. The van der Waals surface area contributed by atoms with Crippen LogP contribution in [0.2, 0.25) is 0 Å². The summed E-state index contributed by atoms with van der Waals surface area (Å²) in [5.74, 6) is 0. The van der Waals surface area contributed by atoms with E-state index in [1.807, 2.05) is 30.3 Å². The third-order valence-corrected chi connectivity index (χ3v) is 4.34. The van der Waals surface area contributed by atoms with E-state index in [9.17, 15) is 13.2 Å². The Morgan fingerprint density at radius 3 is 2.52 bits per heavy atom. The molecule has 0 aliphatic heterocycles. The molecule has 3 rings (SSSR count). The van der Waals surface area contributed by atoms with E-state index in [2.05, 4.69) is 15.5 Å². The lowest BCUT2D eigenvalue weighted by atomic mass is 10.1. The molecule has 0 unspecified atom stereocenters. The molecule has 0 radical (unpaired) electrons. The lowest BCUT2D eigenvalue weighted by Gasteiger charge is -2.14. The van der Waals surface area contributed by atoms with Crippen molar-refractivity contribution in [3.8, 4) is 16.6 Å². The number of alkyl halides is 3. The van der Waals surface area contributed by atoms with Crippen LogP contribution in [0.25, 0.3) is 10.6 Å². The van der Waals surface area contributed by atoms with E-state index in [1.165, 1.54) is 23.5 Å². The van der Waals surface area contributed by atoms with Gasteiger partial charge in [-0.25, -0.2) is 0 Å². The van der Waals surface area contributed by atoms with Crippen molar-refractivity contribution in [3.63, 3.8) is 0 Å². The molecule has 0 aliphatic carbocycles. The summed E-state index contributed by atoms with van der Waals surface area (Å²) in [6.07, 6.45) is -4.55. The quantitative estimate of drug-likeness (QED) is 0.732. The number of nitrogens with one attached hydrogen (secondary N) is 1. The Bertz CT molecular complexity index is 914. The van der Waals surface area contributed by atoms with E-state index in [-0.39, 0.29) is 17.8 Å². The predicted octanol–water partition coefficient (Wildman–Crippen LogP) is 4.71. The number of anilines is 1. The summed E-state index contributed by atoms with van der Waals surface area (Å²) in [5, 5.41) is 20.8. The van der Waals surface area contributed by atoms with Gasteiger partial charge in [0, 0.05) is 11.3 Å². The van der Waals surface area contributed by atoms with Gasteiger partial charge in [0.05, 0.1) is 23.7 Å². The molecule has 0 atom stereocenters. The van der Waals surface area contributed by atoms with Crippen molar-refractivity contribution < 1.29 is 13.2 Å². The fourth-order valence-corrected chi connectivity index (χ4v) is 2.98. The van der Waals surface area contributed by atoms with Gasteiger partial charge in [0.2, 0.25) is 0 Å². The fraction of sp³-hybridized carbons (Fsp3) is 0.118. The molecule has 4 nitrogen and oxygen atoms in total. The number of halogens is 3. The van der Waals surface area contributed by atoms with Crippen LogP contribution in [0, 0.1) is 11.3 Å². The average molecular weight is 360 g/mol. The number of nitrogens with zero attached hydrogens (tertiary/aromatic N) is 3. The zero-order valence-electron chi connectivity index (χ0n) is 12.7. The summed E-state index contributed by atoms with van der Waals surface area (Å²) in [4.78, 5) is 0. The third kappa shape index (κ3) is 3.95. The number of nitriles is 1. The Labute approximate surface area is 145 Å². The van der Waals surface area contributed by atoms with Gasteiger partial charge >= 0.3 is 6.18 Å². The van der Waals surface area contributed by atoms with Crippen LogP contribution >= 0.6 is 11.3 Å². The van der Waals surface area contributed by atoms with Gasteiger partial charge in [0.25, 0.3) is 0 Å².